The van der Waals surface area contributed by atoms with Gasteiger partial charge in [-0.25, -0.2) is 0 Å². The fraction of sp³-hybridized carbons (Fsp3) is 0.500. The van der Waals surface area contributed by atoms with Crippen LogP contribution < -0.4 is 0 Å². The van der Waals surface area contributed by atoms with Crippen molar-refractivity contribution in [2.24, 2.45) is 0 Å². The number of allylic oxidation sites excluding steroid dienone is 2. The van der Waals surface area contributed by atoms with Gasteiger partial charge in [0.05, 0.1) is 0 Å². The molecule has 72 valence electrons. The largest absolute Gasteiger partial charge is 0.428 e. The van der Waals surface area contributed by atoms with E-state index in [0.29, 0.717) is 0 Å². The van der Waals surface area contributed by atoms with Gasteiger partial charge in [-0.1, -0.05) is 11.6 Å². The van der Waals surface area contributed by atoms with Crippen molar-refractivity contribution < 1.29 is 26.3 Å². The lowest BCUT2D eigenvalue weighted by atomic mass is 10.4. The van der Waals surface area contributed by atoms with Crippen molar-refractivity contribution in [2.45, 2.75) is 12.4 Å². The number of hydrogen-bond donors (Lipinski definition) is 1. The summed E-state index contributed by atoms with van der Waals surface area (Å²) < 4.78 is 69.0. The van der Waals surface area contributed by atoms with Crippen molar-refractivity contribution in [1.82, 2.24) is 0 Å². The number of halogens is 7. The first kappa shape index (κ1) is 12.0. The number of alkyl halides is 6. The smallest absolute Gasteiger partial charge is 0.166 e. The topological polar surface area (TPSA) is 0 Å². The maximum atomic E-state index is 11.5. The van der Waals surface area contributed by atoms with E-state index >= 15 is 0 Å². The lowest BCUT2D eigenvalue weighted by Crippen LogP contribution is -2.16. The van der Waals surface area contributed by atoms with E-state index in [2.05, 4.69) is 24.2 Å². The third-order valence-corrected chi connectivity index (χ3v) is 1.74. The highest BCUT2D eigenvalue weighted by atomic mass is 35.5. The molecular formula is C4HClF6S. The first-order valence-electron chi connectivity index (χ1n) is 2.30. The summed E-state index contributed by atoms with van der Waals surface area (Å²) in [6, 6.07) is 0. The van der Waals surface area contributed by atoms with Gasteiger partial charge >= 0.3 is 12.4 Å². The Hall–Kier alpha value is -0.0400. The standard InChI is InChI=1S/C4HClF6S/c5-1(3(6,7)8)2(12)4(9,10)11/h12H/b2-1-. The first-order valence-corrected chi connectivity index (χ1v) is 3.12. The average Bonchev–Trinajstić information content (AvgIpc) is 1.80. The second kappa shape index (κ2) is 3.37. The van der Waals surface area contributed by atoms with Gasteiger partial charge in [-0.2, -0.15) is 26.3 Å². The van der Waals surface area contributed by atoms with Crippen LogP contribution in [-0.2, 0) is 0 Å². The van der Waals surface area contributed by atoms with E-state index in [1.807, 2.05) is 0 Å². The summed E-state index contributed by atoms with van der Waals surface area (Å²) in [7, 11) is 0. The molecule has 0 amide bonds. The van der Waals surface area contributed by atoms with Crippen LogP contribution in [0.5, 0.6) is 0 Å². The molecule has 0 aliphatic rings. The molecule has 0 atom stereocenters. The van der Waals surface area contributed by atoms with Gasteiger partial charge in [0.15, 0.2) is 0 Å². The Bertz CT molecular complexity index is 179. The van der Waals surface area contributed by atoms with Crippen molar-refractivity contribution in [3.63, 3.8) is 0 Å². The van der Waals surface area contributed by atoms with E-state index in [4.69, 9.17) is 0 Å². The molecule has 8 heteroatoms. The summed E-state index contributed by atoms with van der Waals surface area (Å²) in [6.07, 6.45) is -10.4. The molecule has 0 aliphatic heterocycles. The van der Waals surface area contributed by atoms with Crippen LogP contribution in [0.25, 0.3) is 0 Å². The summed E-state index contributed by atoms with van der Waals surface area (Å²) in [5, 5.41) is -2.27. The van der Waals surface area contributed by atoms with Gasteiger partial charge in [0, 0.05) is 0 Å². The fourth-order valence-electron chi connectivity index (χ4n) is 0.259. The second-order valence-corrected chi connectivity index (χ2v) is 2.48. The maximum Gasteiger partial charge on any atom is 0.428 e. The van der Waals surface area contributed by atoms with Crippen LogP contribution in [0.3, 0.4) is 0 Å². The Labute approximate surface area is 73.6 Å². The van der Waals surface area contributed by atoms with Crippen LogP contribution in [0, 0.1) is 0 Å². The highest BCUT2D eigenvalue weighted by Gasteiger charge is 2.43. The third-order valence-electron chi connectivity index (χ3n) is 0.725. The summed E-state index contributed by atoms with van der Waals surface area (Å²) >= 11 is 6.95. The molecule has 0 bridgehead atoms. The second-order valence-electron chi connectivity index (χ2n) is 1.66. The molecular weight excluding hydrogens is 230 g/mol. The van der Waals surface area contributed by atoms with Gasteiger partial charge in [-0.05, 0) is 0 Å². The van der Waals surface area contributed by atoms with Crippen LogP contribution in [0.1, 0.15) is 0 Å². The van der Waals surface area contributed by atoms with E-state index in [0.717, 1.165) is 0 Å². The Morgan fingerprint density at radius 2 is 1.25 bits per heavy atom. The van der Waals surface area contributed by atoms with Crippen LogP contribution in [0.4, 0.5) is 26.3 Å². The predicted molar refractivity (Wildman–Crippen MR) is 34.0 cm³/mol. The molecule has 0 aromatic heterocycles. The summed E-state index contributed by atoms with van der Waals surface area (Å²) in [5.74, 6) is 0. The zero-order valence-electron chi connectivity index (χ0n) is 5.09. The van der Waals surface area contributed by atoms with Crippen molar-refractivity contribution in [3.8, 4) is 0 Å². The SMILES string of the molecule is FC(F)(F)/C(S)=C(/Cl)C(F)(F)F. The van der Waals surface area contributed by atoms with E-state index in [1.54, 1.807) is 0 Å². The van der Waals surface area contributed by atoms with Crippen molar-refractivity contribution in [2.75, 3.05) is 0 Å². The molecule has 0 heterocycles. The van der Waals surface area contributed by atoms with Crippen LogP contribution in [0.15, 0.2) is 9.94 Å². The van der Waals surface area contributed by atoms with Crippen LogP contribution in [-0.4, -0.2) is 12.4 Å². The van der Waals surface area contributed by atoms with Gasteiger partial charge in [0.1, 0.15) is 9.94 Å². The van der Waals surface area contributed by atoms with Crippen LogP contribution in [0.2, 0.25) is 0 Å². The summed E-state index contributed by atoms with van der Waals surface area (Å²) in [5.41, 5.74) is 0. The molecule has 0 rings (SSSR count). The first-order chi connectivity index (χ1) is 5.07. The van der Waals surface area contributed by atoms with E-state index < -0.39 is 22.3 Å². The molecule has 0 aromatic carbocycles. The number of hydrogen-bond acceptors (Lipinski definition) is 1. The molecule has 0 N–H and O–H groups in total. The monoisotopic (exact) mass is 230 g/mol. The Kier molecular flexibility index (Phi) is 3.36. The van der Waals surface area contributed by atoms with Gasteiger partial charge in [-0.15, -0.1) is 12.6 Å². The molecule has 0 radical (unpaired) electrons. The van der Waals surface area contributed by atoms with Crippen LogP contribution >= 0.6 is 24.2 Å². The maximum absolute atomic E-state index is 11.5. The molecule has 12 heavy (non-hydrogen) atoms. The molecule has 0 aromatic rings. The normalized spacial score (nSPS) is 16.0. The van der Waals surface area contributed by atoms with E-state index in [9.17, 15) is 26.3 Å². The third kappa shape index (κ3) is 3.14. The lowest BCUT2D eigenvalue weighted by molar-refractivity contribution is -0.104. The van der Waals surface area contributed by atoms with Gasteiger partial charge in [0.25, 0.3) is 0 Å². The minimum atomic E-state index is -5.21. The minimum Gasteiger partial charge on any atom is -0.166 e. The van der Waals surface area contributed by atoms with Gasteiger partial charge < -0.3 is 0 Å². The van der Waals surface area contributed by atoms with Crippen molar-refractivity contribution in [3.05, 3.63) is 9.94 Å². The van der Waals surface area contributed by atoms with Gasteiger partial charge in [0.2, 0.25) is 0 Å². The fourth-order valence-corrected chi connectivity index (χ4v) is 0.493. The minimum absolute atomic E-state index is 2.14. The zero-order valence-corrected chi connectivity index (χ0v) is 6.74. The highest BCUT2D eigenvalue weighted by Crippen LogP contribution is 2.39. The molecule has 0 saturated heterocycles. The molecule has 0 saturated carbocycles. The quantitative estimate of drug-likeness (QED) is 0.478. The molecule has 0 unspecified atom stereocenters. The van der Waals surface area contributed by atoms with Crippen molar-refractivity contribution in [1.29, 1.82) is 0 Å². The zero-order chi connectivity index (χ0) is 10.2. The Morgan fingerprint density at radius 1 is 0.917 bits per heavy atom. The summed E-state index contributed by atoms with van der Waals surface area (Å²) in [4.78, 5) is -2.14. The molecule has 0 spiro atoms. The Balaban J connectivity index is 4.96. The molecule has 0 aliphatic carbocycles. The van der Waals surface area contributed by atoms with Gasteiger partial charge in [-0.3, -0.25) is 0 Å². The van der Waals surface area contributed by atoms with E-state index in [1.165, 1.54) is 0 Å². The number of thiol groups is 1. The lowest BCUT2D eigenvalue weighted by Gasteiger charge is -2.10. The predicted octanol–water partition coefficient (Wildman–Crippen LogP) is 3.49. The van der Waals surface area contributed by atoms with E-state index in [-0.39, 0.29) is 0 Å². The summed E-state index contributed by atoms with van der Waals surface area (Å²) in [6.45, 7) is 0. The highest BCUT2D eigenvalue weighted by molar-refractivity contribution is 7.84. The molecule has 0 fully saturated rings. The Morgan fingerprint density at radius 3 is 1.33 bits per heavy atom. The van der Waals surface area contributed by atoms with Crippen molar-refractivity contribution >= 4 is 24.2 Å². The average molecular weight is 231 g/mol. The number of rotatable bonds is 0. The molecule has 0 nitrogen and oxygen atoms in total.